The van der Waals surface area contributed by atoms with Crippen LogP contribution in [-0.2, 0) is 4.74 Å². The first-order chi connectivity index (χ1) is 6.88. The first-order valence-corrected chi connectivity index (χ1v) is 5.18. The Hall–Kier alpha value is -0.510. The standard InChI is InChI=1S/C11H15F3O/c1-10(15-2,11(12,13)14)9-6-7-3-4-8(9)5-7/h3-4,7-9H,5-6H2,1-2H3. The van der Waals surface area contributed by atoms with Crippen molar-refractivity contribution in [1.82, 2.24) is 0 Å². The monoisotopic (exact) mass is 220 g/mol. The number of hydrogen-bond acceptors (Lipinski definition) is 1. The zero-order chi connectivity index (χ0) is 11.3. The molecule has 0 radical (unpaired) electrons. The van der Waals surface area contributed by atoms with Gasteiger partial charge in [-0.25, -0.2) is 0 Å². The van der Waals surface area contributed by atoms with E-state index in [4.69, 9.17) is 4.74 Å². The van der Waals surface area contributed by atoms with Crippen molar-refractivity contribution >= 4 is 0 Å². The number of hydrogen-bond donors (Lipinski definition) is 0. The molecular formula is C11H15F3O. The van der Waals surface area contributed by atoms with Crippen molar-refractivity contribution in [2.45, 2.75) is 31.5 Å². The van der Waals surface area contributed by atoms with Gasteiger partial charge in [-0.1, -0.05) is 12.2 Å². The first-order valence-electron chi connectivity index (χ1n) is 5.18. The molecule has 0 aromatic carbocycles. The zero-order valence-corrected chi connectivity index (χ0v) is 8.84. The van der Waals surface area contributed by atoms with Crippen LogP contribution in [0.15, 0.2) is 12.2 Å². The molecule has 86 valence electrons. The number of ether oxygens (including phenoxy) is 1. The topological polar surface area (TPSA) is 9.23 Å². The second-order valence-electron chi connectivity index (χ2n) is 4.70. The van der Waals surface area contributed by atoms with Crippen LogP contribution < -0.4 is 0 Å². The largest absolute Gasteiger partial charge is 0.417 e. The van der Waals surface area contributed by atoms with Crippen molar-refractivity contribution < 1.29 is 17.9 Å². The molecule has 2 aliphatic rings. The Morgan fingerprint density at radius 3 is 2.20 bits per heavy atom. The summed E-state index contributed by atoms with van der Waals surface area (Å²) in [5.74, 6) is -0.0455. The minimum absolute atomic E-state index is 0.0431. The summed E-state index contributed by atoms with van der Waals surface area (Å²) in [6, 6.07) is 0. The molecule has 1 fully saturated rings. The summed E-state index contributed by atoms with van der Waals surface area (Å²) in [5, 5.41) is 0. The molecule has 0 aliphatic heterocycles. The summed E-state index contributed by atoms with van der Waals surface area (Å²) in [4.78, 5) is 0. The van der Waals surface area contributed by atoms with Gasteiger partial charge in [0.2, 0.25) is 0 Å². The predicted molar refractivity (Wildman–Crippen MR) is 50.3 cm³/mol. The number of halogens is 3. The third-order valence-corrected chi connectivity index (χ3v) is 3.97. The number of alkyl halides is 3. The fourth-order valence-corrected chi connectivity index (χ4v) is 2.89. The van der Waals surface area contributed by atoms with Crippen molar-refractivity contribution in [3.63, 3.8) is 0 Å². The summed E-state index contributed by atoms with van der Waals surface area (Å²) in [6.45, 7) is 1.17. The molecule has 2 bridgehead atoms. The molecule has 0 spiro atoms. The maximum absolute atomic E-state index is 12.9. The highest BCUT2D eigenvalue weighted by Gasteiger charge is 2.60. The molecule has 0 heterocycles. The molecule has 0 aromatic rings. The van der Waals surface area contributed by atoms with Gasteiger partial charge in [0.1, 0.15) is 0 Å². The summed E-state index contributed by atoms with van der Waals surface area (Å²) < 4.78 is 43.6. The van der Waals surface area contributed by atoms with Crippen LogP contribution in [0, 0.1) is 17.8 Å². The molecule has 2 rings (SSSR count). The minimum atomic E-state index is -4.29. The Kier molecular flexibility index (Phi) is 2.37. The van der Waals surface area contributed by atoms with E-state index >= 15 is 0 Å². The Morgan fingerprint density at radius 2 is 1.87 bits per heavy atom. The van der Waals surface area contributed by atoms with E-state index in [9.17, 15) is 13.2 Å². The van der Waals surface area contributed by atoms with Crippen LogP contribution in [0.2, 0.25) is 0 Å². The van der Waals surface area contributed by atoms with Gasteiger partial charge in [0.05, 0.1) is 0 Å². The van der Waals surface area contributed by atoms with Gasteiger partial charge in [-0.2, -0.15) is 13.2 Å². The lowest BCUT2D eigenvalue weighted by atomic mass is 9.79. The van der Waals surface area contributed by atoms with E-state index in [0.29, 0.717) is 12.3 Å². The van der Waals surface area contributed by atoms with E-state index in [1.54, 1.807) is 0 Å². The third-order valence-electron chi connectivity index (χ3n) is 3.97. The number of rotatable bonds is 2. The van der Waals surface area contributed by atoms with Gasteiger partial charge in [-0.05, 0) is 31.6 Å². The van der Waals surface area contributed by atoms with Gasteiger partial charge >= 0.3 is 6.18 Å². The SMILES string of the molecule is COC(C)(C1CC2C=CC1C2)C(F)(F)F. The predicted octanol–water partition coefficient (Wildman–Crippen LogP) is 3.17. The second-order valence-corrected chi connectivity index (χ2v) is 4.70. The maximum atomic E-state index is 12.9. The number of fused-ring (bicyclic) bond motifs is 2. The normalized spacial score (nSPS) is 38.3. The number of allylic oxidation sites excluding steroid dienone is 2. The Balaban J connectivity index is 2.24. The van der Waals surface area contributed by atoms with E-state index < -0.39 is 17.7 Å². The minimum Gasteiger partial charge on any atom is -0.369 e. The van der Waals surface area contributed by atoms with Crippen LogP contribution in [0.5, 0.6) is 0 Å². The highest BCUT2D eigenvalue weighted by molar-refractivity contribution is 5.14. The summed E-state index contributed by atoms with van der Waals surface area (Å²) in [7, 11) is 1.16. The van der Waals surface area contributed by atoms with E-state index in [-0.39, 0.29) is 5.92 Å². The van der Waals surface area contributed by atoms with Crippen molar-refractivity contribution in [2.75, 3.05) is 7.11 Å². The lowest BCUT2D eigenvalue weighted by molar-refractivity contribution is -0.284. The molecule has 0 saturated heterocycles. The van der Waals surface area contributed by atoms with Crippen LogP contribution in [0.3, 0.4) is 0 Å². The molecule has 4 atom stereocenters. The molecule has 0 aromatic heterocycles. The van der Waals surface area contributed by atoms with E-state index in [0.717, 1.165) is 13.5 Å². The zero-order valence-electron chi connectivity index (χ0n) is 8.84. The van der Waals surface area contributed by atoms with Crippen molar-refractivity contribution in [2.24, 2.45) is 17.8 Å². The maximum Gasteiger partial charge on any atom is 0.417 e. The van der Waals surface area contributed by atoms with Crippen LogP contribution in [0.25, 0.3) is 0 Å². The summed E-state index contributed by atoms with van der Waals surface area (Å²) >= 11 is 0. The highest BCUT2D eigenvalue weighted by atomic mass is 19.4. The molecule has 1 saturated carbocycles. The molecule has 0 amide bonds. The van der Waals surface area contributed by atoms with Crippen LogP contribution in [0.1, 0.15) is 19.8 Å². The molecule has 2 aliphatic carbocycles. The molecule has 0 N–H and O–H groups in total. The average Bonchev–Trinajstić information content (AvgIpc) is 2.75. The molecule has 4 unspecified atom stereocenters. The summed E-state index contributed by atoms with van der Waals surface area (Å²) in [6.07, 6.45) is 1.13. The van der Waals surface area contributed by atoms with E-state index in [2.05, 4.69) is 0 Å². The molecule has 4 heteroatoms. The van der Waals surface area contributed by atoms with Crippen LogP contribution >= 0.6 is 0 Å². The third kappa shape index (κ3) is 1.50. The fraction of sp³-hybridized carbons (Fsp3) is 0.818. The summed E-state index contributed by atoms with van der Waals surface area (Å²) in [5.41, 5.74) is -1.99. The van der Waals surface area contributed by atoms with Gasteiger partial charge in [-0.3, -0.25) is 0 Å². The smallest absolute Gasteiger partial charge is 0.369 e. The lowest BCUT2D eigenvalue weighted by Crippen LogP contribution is -2.51. The van der Waals surface area contributed by atoms with Crippen molar-refractivity contribution in [3.05, 3.63) is 12.2 Å². The Morgan fingerprint density at radius 1 is 1.20 bits per heavy atom. The van der Waals surface area contributed by atoms with Gasteiger partial charge in [-0.15, -0.1) is 0 Å². The fourth-order valence-electron chi connectivity index (χ4n) is 2.89. The molecule has 1 nitrogen and oxygen atoms in total. The number of methoxy groups -OCH3 is 1. The highest BCUT2D eigenvalue weighted by Crippen LogP contribution is 2.53. The quantitative estimate of drug-likeness (QED) is 0.649. The lowest BCUT2D eigenvalue weighted by Gasteiger charge is -2.39. The van der Waals surface area contributed by atoms with Gasteiger partial charge < -0.3 is 4.74 Å². The average molecular weight is 220 g/mol. The molecular weight excluding hydrogens is 205 g/mol. The van der Waals surface area contributed by atoms with Gasteiger partial charge in [0, 0.05) is 13.0 Å². The van der Waals surface area contributed by atoms with Crippen molar-refractivity contribution in [3.8, 4) is 0 Å². The van der Waals surface area contributed by atoms with Crippen LogP contribution in [-0.4, -0.2) is 18.9 Å². The van der Waals surface area contributed by atoms with Gasteiger partial charge in [0.25, 0.3) is 0 Å². The first kappa shape index (κ1) is 11.0. The van der Waals surface area contributed by atoms with E-state index in [1.165, 1.54) is 6.92 Å². The Labute approximate surface area is 87.3 Å². The van der Waals surface area contributed by atoms with Crippen LogP contribution in [0.4, 0.5) is 13.2 Å². The molecule has 15 heavy (non-hydrogen) atoms. The van der Waals surface area contributed by atoms with Gasteiger partial charge in [0.15, 0.2) is 5.60 Å². The second kappa shape index (κ2) is 3.24. The van der Waals surface area contributed by atoms with Crippen molar-refractivity contribution in [1.29, 1.82) is 0 Å². The Bertz CT molecular complexity index is 284. The van der Waals surface area contributed by atoms with E-state index in [1.807, 2.05) is 12.2 Å².